The first kappa shape index (κ1) is 36.5. The molecule has 3 atom stereocenters. The molecule has 0 bridgehead atoms. The Labute approximate surface area is 297 Å². The largest absolute Gasteiger partial charge is 0.496 e. The van der Waals surface area contributed by atoms with Crippen LogP contribution in [0.3, 0.4) is 0 Å². The second kappa shape index (κ2) is 16.8. The number of hydrogen-bond donors (Lipinski definition) is 3. The SMILES string of the molecule is COc1cc(NC(=O)c2ccccc2Cl)ccc1C(=O)N1c2ccc(Cl)cc2CCC(N2CCN(CC(O)CNC(C)C)CC2)C1C=C=O. The highest BCUT2D eigenvalue weighted by Crippen LogP contribution is 2.37. The van der Waals surface area contributed by atoms with Crippen molar-refractivity contribution in [1.82, 2.24) is 15.1 Å². The van der Waals surface area contributed by atoms with Crippen molar-refractivity contribution >= 4 is 52.3 Å². The fraction of sp³-hybridized carbons (Fsp3) is 0.405. The first-order valence-corrected chi connectivity index (χ1v) is 17.3. The van der Waals surface area contributed by atoms with Gasteiger partial charge in [0.25, 0.3) is 11.8 Å². The van der Waals surface area contributed by atoms with Gasteiger partial charge in [-0.15, -0.1) is 0 Å². The van der Waals surface area contributed by atoms with E-state index < -0.39 is 18.1 Å². The minimum Gasteiger partial charge on any atom is -0.496 e. The van der Waals surface area contributed by atoms with Gasteiger partial charge < -0.3 is 20.5 Å². The molecule has 0 aliphatic carbocycles. The molecule has 0 aromatic heterocycles. The van der Waals surface area contributed by atoms with Crippen LogP contribution in [-0.2, 0) is 11.2 Å². The van der Waals surface area contributed by atoms with Gasteiger partial charge in [-0.25, -0.2) is 4.79 Å². The van der Waals surface area contributed by atoms with Crippen LogP contribution in [0.1, 0.15) is 46.5 Å². The molecule has 3 unspecified atom stereocenters. The molecule has 2 aliphatic rings. The number of nitrogens with one attached hydrogen (secondary N) is 2. The first-order chi connectivity index (χ1) is 23.6. The van der Waals surface area contributed by atoms with Gasteiger partial charge in [-0.05, 0) is 60.9 Å². The first-order valence-electron chi connectivity index (χ1n) is 16.5. The molecule has 2 amide bonds. The zero-order valence-electron chi connectivity index (χ0n) is 28.0. The van der Waals surface area contributed by atoms with Crippen LogP contribution in [0.5, 0.6) is 5.75 Å². The Balaban J connectivity index is 1.42. The summed E-state index contributed by atoms with van der Waals surface area (Å²) in [5.74, 6) is 1.48. The van der Waals surface area contributed by atoms with E-state index in [1.54, 1.807) is 53.4 Å². The van der Waals surface area contributed by atoms with Crippen LogP contribution in [0.4, 0.5) is 11.4 Å². The van der Waals surface area contributed by atoms with Crippen LogP contribution < -0.4 is 20.3 Å². The van der Waals surface area contributed by atoms with E-state index in [0.29, 0.717) is 72.0 Å². The lowest BCUT2D eigenvalue weighted by molar-refractivity contribution is 0.0505. The van der Waals surface area contributed by atoms with Crippen LogP contribution >= 0.6 is 23.2 Å². The lowest BCUT2D eigenvalue weighted by atomic mass is 9.98. The summed E-state index contributed by atoms with van der Waals surface area (Å²) in [6, 6.07) is 16.5. The summed E-state index contributed by atoms with van der Waals surface area (Å²) >= 11 is 12.7. The summed E-state index contributed by atoms with van der Waals surface area (Å²) in [5.41, 5.74) is 2.56. The molecule has 0 spiro atoms. The van der Waals surface area contributed by atoms with Gasteiger partial charge in [-0.1, -0.05) is 49.2 Å². The number of carbonyl (C=O) groups is 2. The van der Waals surface area contributed by atoms with Crippen molar-refractivity contribution in [2.45, 2.75) is 50.9 Å². The molecule has 3 N–H and O–H groups in total. The van der Waals surface area contributed by atoms with E-state index in [4.69, 9.17) is 27.9 Å². The molecule has 2 heterocycles. The highest BCUT2D eigenvalue weighted by molar-refractivity contribution is 6.34. The Morgan fingerprint density at radius 1 is 1.04 bits per heavy atom. The third kappa shape index (κ3) is 8.90. The van der Waals surface area contributed by atoms with Gasteiger partial charge in [0.15, 0.2) is 0 Å². The van der Waals surface area contributed by atoms with Gasteiger partial charge in [-0.3, -0.25) is 24.3 Å². The number of β-amino-alcohol motifs (C(OH)–C–C–N with tert-alkyl or cyclic N) is 1. The Bertz CT molecular complexity index is 1690. The van der Waals surface area contributed by atoms with Gasteiger partial charge in [0.2, 0.25) is 0 Å². The monoisotopic (exact) mass is 707 g/mol. The van der Waals surface area contributed by atoms with Crippen molar-refractivity contribution in [1.29, 1.82) is 0 Å². The number of hydrogen-bond acceptors (Lipinski definition) is 8. The summed E-state index contributed by atoms with van der Waals surface area (Å²) in [5, 5.41) is 17.5. The summed E-state index contributed by atoms with van der Waals surface area (Å²) in [4.78, 5) is 46.0. The van der Waals surface area contributed by atoms with Crippen molar-refractivity contribution in [3.63, 3.8) is 0 Å². The molecule has 3 aromatic rings. The normalized spacial score (nSPS) is 19.0. The number of ether oxygens (including phenoxy) is 1. The number of anilines is 2. The van der Waals surface area contributed by atoms with Crippen LogP contribution in [0, 0.1) is 0 Å². The molecule has 10 nitrogen and oxygen atoms in total. The van der Waals surface area contributed by atoms with Crippen LogP contribution in [-0.4, -0.2) is 103 Å². The zero-order valence-corrected chi connectivity index (χ0v) is 29.5. The van der Waals surface area contributed by atoms with E-state index in [0.717, 1.165) is 18.7 Å². The lowest BCUT2D eigenvalue weighted by Crippen LogP contribution is -2.58. The number of aliphatic hydroxyl groups excluding tert-OH is 1. The standard InChI is InChI=1S/C37H43Cl2N5O5/c1-24(2)40-22-28(46)23-42-15-17-43(18-16-42)33-12-8-25-20-26(38)9-13-32(25)44(34(33)14-19-45)37(48)30-11-10-27(21-35(30)49-3)41-36(47)29-6-4-5-7-31(29)39/h4-7,9-11,13-14,20-21,24,28,33-34,40,46H,8,12,15-18,22-23H2,1-3H3,(H,41,47). The third-order valence-electron chi connectivity index (χ3n) is 9.08. The Kier molecular flexibility index (Phi) is 12.5. The summed E-state index contributed by atoms with van der Waals surface area (Å²) in [6.45, 7) is 8.11. The van der Waals surface area contributed by atoms with Crippen molar-refractivity contribution in [2.75, 3.05) is 56.6 Å². The molecule has 49 heavy (non-hydrogen) atoms. The second-order valence-corrected chi connectivity index (χ2v) is 13.6. The number of fused-ring (bicyclic) bond motifs is 1. The molecule has 1 saturated heterocycles. The molecule has 0 radical (unpaired) electrons. The molecule has 5 rings (SSSR count). The van der Waals surface area contributed by atoms with Crippen LogP contribution in [0.2, 0.25) is 10.0 Å². The lowest BCUT2D eigenvalue weighted by Gasteiger charge is -2.43. The molecule has 0 saturated carbocycles. The summed E-state index contributed by atoms with van der Waals surface area (Å²) in [6.07, 6.45) is 2.29. The van der Waals surface area contributed by atoms with Crippen molar-refractivity contribution in [3.05, 3.63) is 93.5 Å². The van der Waals surface area contributed by atoms with Gasteiger partial charge in [0, 0.05) is 79.9 Å². The van der Waals surface area contributed by atoms with Gasteiger partial charge >= 0.3 is 0 Å². The predicted molar refractivity (Wildman–Crippen MR) is 194 cm³/mol. The number of halogens is 2. The van der Waals surface area contributed by atoms with E-state index >= 15 is 0 Å². The number of methoxy groups -OCH3 is 1. The van der Waals surface area contributed by atoms with E-state index in [1.807, 2.05) is 18.1 Å². The summed E-state index contributed by atoms with van der Waals surface area (Å²) < 4.78 is 5.69. The van der Waals surface area contributed by atoms with Crippen molar-refractivity contribution in [3.8, 4) is 5.75 Å². The molecule has 1 fully saturated rings. The number of carbonyl (C=O) groups excluding carboxylic acids is 3. The number of nitrogens with zero attached hydrogens (tertiary/aromatic N) is 3. The number of rotatable bonds is 11. The second-order valence-electron chi connectivity index (χ2n) is 12.7. The minimum absolute atomic E-state index is 0.188. The number of aliphatic hydroxyl groups is 1. The minimum atomic E-state index is -0.635. The maximum Gasteiger partial charge on any atom is 0.262 e. The number of aryl methyl sites for hydroxylation is 1. The highest BCUT2D eigenvalue weighted by Gasteiger charge is 2.40. The summed E-state index contributed by atoms with van der Waals surface area (Å²) in [7, 11) is 1.46. The smallest absolute Gasteiger partial charge is 0.262 e. The van der Waals surface area contributed by atoms with E-state index in [9.17, 15) is 19.5 Å². The van der Waals surface area contributed by atoms with Crippen LogP contribution in [0.15, 0.2) is 66.7 Å². The number of amides is 2. The maximum absolute atomic E-state index is 14.7. The molecule has 260 valence electrons. The molecule has 12 heteroatoms. The van der Waals surface area contributed by atoms with Crippen molar-refractivity contribution in [2.24, 2.45) is 0 Å². The predicted octanol–water partition coefficient (Wildman–Crippen LogP) is 4.95. The zero-order chi connectivity index (χ0) is 35.1. The van der Waals surface area contributed by atoms with Gasteiger partial charge in [0.1, 0.15) is 11.7 Å². The van der Waals surface area contributed by atoms with E-state index in [2.05, 4.69) is 34.3 Å². The average Bonchev–Trinajstić information content (AvgIpc) is 3.24. The van der Waals surface area contributed by atoms with Crippen molar-refractivity contribution < 1.29 is 24.2 Å². The van der Waals surface area contributed by atoms with Crippen LogP contribution in [0.25, 0.3) is 0 Å². The van der Waals surface area contributed by atoms with E-state index in [1.165, 1.54) is 13.2 Å². The Hall–Kier alpha value is -3.73. The molecule has 2 aliphatic heterocycles. The molecular formula is C37H43Cl2N5O5. The third-order valence-corrected chi connectivity index (χ3v) is 9.64. The highest BCUT2D eigenvalue weighted by atomic mass is 35.5. The average molecular weight is 709 g/mol. The molecule has 3 aromatic carbocycles. The van der Waals surface area contributed by atoms with E-state index in [-0.39, 0.29) is 23.3 Å². The Morgan fingerprint density at radius 3 is 2.49 bits per heavy atom. The maximum atomic E-state index is 14.7. The fourth-order valence-corrected chi connectivity index (χ4v) is 7.04. The quantitative estimate of drug-likeness (QED) is 0.240. The number of piperazine rings is 1. The van der Waals surface area contributed by atoms with Gasteiger partial charge in [-0.2, -0.15) is 0 Å². The van der Waals surface area contributed by atoms with Gasteiger partial charge in [0.05, 0.1) is 35.4 Å². The number of benzene rings is 3. The Morgan fingerprint density at radius 2 is 1.80 bits per heavy atom. The molecular weight excluding hydrogens is 665 g/mol. The topological polar surface area (TPSA) is 114 Å². The fourth-order valence-electron chi connectivity index (χ4n) is 6.63.